The summed E-state index contributed by atoms with van der Waals surface area (Å²) >= 11 is 0. The highest BCUT2D eigenvalue weighted by molar-refractivity contribution is 5.77. The average molecular weight is 268 g/mol. The van der Waals surface area contributed by atoms with Gasteiger partial charge in [-0.15, -0.1) is 0 Å². The molecule has 2 atom stereocenters. The van der Waals surface area contributed by atoms with E-state index in [1.54, 1.807) is 4.90 Å². The van der Waals surface area contributed by atoms with Gasteiger partial charge < -0.3 is 14.9 Å². The minimum atomic E-state index is -0.782. The van der Waals surface area contributed by atoms with Gasteiger partial charge >= 0.3 is 12.0 Å². The molecule has 0 radical (unpaired) electrons. The second-order valence-corrected chi connectivity index (χ2v) is 5.86. The van der Waals surface area contributed by atoms with Gasteiger partial charge in [-0.3, -0.25) is 4.79 Å². The predicted molar refractivity (Wildman–Crippen MR) is 71.9 cm³/mol. The lowest BCUT2D eigenvalue weighted by atomic mass is 9.99. The minimum Gasteiger partial charge on any atom is -0.481 e. The molecule has 2 heterocycles. The zero-order valence-corrected chi connectivity index (χ0v) is 11.7. The number of carbonyl (C=O) groups is 2. The van der Waals surface area contributed by atoms with Gasteiger partial charge in [0.25, 0.3) is 0 Å². The molecule has 2 amide bonds. The fraction of sp³-hybridized carbons (Fsp3) is 0.857. The van der Waals surface area contributed by atoms with Gasteiger partial charge in [-0.05, 0) is 18.8 Å². The van der Waals surface area contributed by atoms with Gasteiger partial charge in [0, 0.05) is 26.2 Å². The maximum absolute atomic E-state index is 12.4. The Kier molecular flexibility index (Phi) is 4.66. The summed E-state index contributed by atoms with van der Waals surface area (Å²) in [6.45, 7) is 4.50. The number of urea groups is 1. The fourth-order valence-electron chi connectivity index (χ4n) is 3.08. The van der Waals surface area contributed by atoms with Crippen molar-refractivity contribution in [2.75, 3.05) is 26.2 Å². The van der Waals surface area contributed by atoms with Crippen molar-refractivity contribution in [2.24, 2.45) is 11.8 Å². The second kappa shape index (κ2) is 6.26. The summed E-state index contributed by atoms with van der Waals surface area (Å²) in [7, 11) is 0. The zero-order valence-electron chi connectivity index (χ0n) is 11.7. The van der Waals surface area contributed by atoms with Gasteiger partial charge in [-0.25, -0.2) is 4.79 Å². The van der Waals surface area contributed by atoms with Crippen molar-refractivity contribution < 1.29 is 14.7 Å². The Bertz CT molecular complexity index is 338. The lowest BCUT2D eigenvalue weighted by Crippen LogP contribution is -2.43. The number of amides is 2. The molecule has 0 aromatic heterocycles. The monoisotopic (exact) mass is 268 g/mol. The van der Waals surface area contributed by atoms with E-state index in [0.29, 0.717) is 13.1 Å². The molecule has 0 spiro atoms. The first-order chi connectivity index (χ1) is 9.09. The van der Waals surface area contributed by atoms with E-state index in [2.05, 4.69) is 0 Å². The van der Waals surface area contributed by atoms with Crippen LogP contribution in [0.1, 0.15) is 39.0 Å². The standard InChI is InChI=1S/C14H24N2O3/c1-11-9-16(10-12(11)13(17)18)14(19)15-7-5-3-2-4-6-8-15/h11-12H,2-10H2,1H3,(H,17,18). The molecule has 2 unspecified atom stereocenters. The van der Waals surface area contributed by atoms with Gasteiger partial charge in [-0.1, -0.05) is 26.2 Å². The predicted octanol–water partition coefficient (Wildman–Crippen LogP) is 2.02. The number of hydrogen-bond donors (Lipinski definition) is 1. The maximum atomic E-state index is 12.4. The lowest BCUT2D eigenvalue weighted by molar-refractivity contribution is -0.142. The molecule has 0 aromatic carbocycles. The smallest absolute Gasteiger partial charge is 0.320 e. The van der Waals surface area contributed by atoms with Crippen molar-refractivity contribution >= 4 is 12.0 Å². The lowest BCUT2D eigenvalue weighted by Gasteiger charge is -2.29. The molecule has 0 saturated carbocycles. The Hall–Kier alpha value is -1.26. The summed E-state index contributed by atoms with van der Waals surface area (Å²) in [5.74, 6) is -1.13. The Morgan fingerprint density at radius 2 is 1.53 bits per heavy atom. The topological polar surface area (TPSA) is 60.9 Å². The number of carboxylic acids is 1. The van der Waals surface area contributed by atoms with E-state index < -0.39 is 11.9 Å². The Morgan fingerprint density at radius 1 is 0.947 bits per heavy atom. The summed E-state index contributed by atoms with van der Waals surface area (Å²) in [4.78, 5) is 27.2. The van der Waals surface area contributed by atoms with Crippen LogP contribution in [-0.4, -0.2) is 53.1 Å². The minimum absolute atomic E-state index is 0.0394. The van der Waals surface area contributed by atoms with Crippen LogP contribution in [0.2, 0.25) is 0 Å². The largest absolute Gasteiger partial charge is 0.481 e. The van der Waals surface area contributed by atoms with E-state index >= 15 is 0 Å². The van der Waals surface area contributed by atoms with Gasteiger partial charge in [0.15, 0.2) is 0 Å². The first-order valence-electron chi connectivity index (χ1n) is 7.36. The number of carbonyl (C=O) groups excluding carboxylic acids is 1. The van der Waals surface area contributed by atoms with Crippen LogP contribution in [0.5, 0.6) is 0 Å². The maximum Gasteiger partial charge on any atom is 0.320 e. The molecule has 5 nitrogen and oxygen atoms in total. The number of rotatable bonds is 1. The van der Waals surface area contributed by atoms with Crippen LogP contribution < -0.4 is 0 Å². The summed E-state index contributed by atoms with van der Waals surface area (Å²) in [6.07, 6.45) is 5.79. The molecule has 1 N–H and O–H groups in total. The molecular formula is C14H24N2O3. The molecule has 108 valence electrons. The number of aliphatic carboxylic acids is 1. The zero-order chi connectivity index (χ0) is 13.8. The van der Waals surface area contributed by atoms with Crippen LogP contribution in [-0.2, 0) is 4.79 Å². The highest BCUT2D eigenvalue weighted by Crippen LogP contribution is 2.24. The Labute approximate surface area is 114 Å². The third kappa shape index (κ3) is 3.39. The van der Waals surface area contributed by atoms with E-state index in [0.717, 1.165) is 25.9 Å². The average Bonchev–Trinajstić information content (AvgIpc) is 2.70. The van der Waals surface area contributed by atoms with E-state index in [1.165, 1.54) is 19.3 Å². The molecule has 0 aromatic rings. The molecule has 19 heavy (non-hydrogen) atoms. The number of likely N-dealkylation sites (tertiary alicyclic amines) is 2. The fourth-order valence-corrected chi connectivity index (χ4v) is 3.08. The molecule has 2 rings (SSSR count). The molecule has 2 saturated heterocycles. The van der Waals surface area contributed by atoms with Crippen molar-refractivity contribution in [3.05, 3.63) is 0 Å². The van der Waals surface area contributed by atoms with Crippen LogP contribution in [0.3, 0.4) is 0 Å². The highest BCUT2D eigenvalue weighted by Gasteiger charge is 2.38. The Balaban J connectivity index is 1.93. The van der Waals surface area contributed by atoms with Gasteiger partial charge in [0.2, 0.25) is 0 Å². The second-order valence-electron chi connectivity index (χ2n) is 5.86. The van der Waals surface area contributed by atoms with Crippen molar-refractivity contribution in [2.45, 2.75) is 39.0 Å². The van der Waals surface area contributed by atoms with E-state index in [9.17, 15) is 9.59 Å². The molecule has 0 bridgehead atoms. The van der Waals surface area contributed by atoms with Crippen molar-refractivity contribution in [1.29, 1.82) is 0 Å². The molecular weight excluding hydrogens is 244 g/mol. The van der Waals surface area contributed by atoms with Crippen molar-refractivity contribution in [3.8, 4) is 0 Å². The van der Waals surface area contributed by atoms with Crippen LogP contribution >= 0.6 is 0 Å². The van der Waals surface area contributed by atoms with Crippen molar-refractivity contribution in [3.63, 3.8) is 0 Å². The van der Waals surface area contributed by atoms with E-state index in [-0.39, 0.29) is 11.9 Å². The number of hydrogen-bond acceptors (Lipinski definition) is 2. The first-order valence-corrected chi connectivity index (χ1v) is 7.36. The van der Waals surface area contributed by atoms with Crippen LogP contribution in [0.4, 0.5) is 4.79 Å². The molecule has 2 aliphatic heterocycles. The van der Waals surface area contributed by atoms with Gasteiger partial charge in [-0.2, -0.15) is 0 Å². The summed E-state index contributed by atoms with van der Waals surface area (Å²) < 4.78 is 0. The SMILES string of the molecule is CC1CN(C(=O)N2CCCCCCC2)CC1C(=O)O. The molecule has 5 heteroatoms. The summed E-state index contributed by atoms with van der Waals surface area (Å²) in [6, 6.07) is 0.0394. The quantitative estimate of drug-likeness (QED) is 0.791. The van der Waals surface area contributed by atoms with E-state index in [1.807, 2.05) is 11.8 Å². The number of nitrogens with zero attached hydrogens (tertiary/aromatic N) is 2. The first kappa shape index (κ1) is 14.2. The molecule has 0 aliphatic carbocycles. The number of carboxylic acid groups (broad SMARTS) is 1. The van der Waals surface area contributed by atoms with Gasteiger partial charge in [0.1, 0.15) is 0 Å². The third-order valence-electron chi connectivity index (χ3n) is 4.33. The van der Waals surface area contributed by atoms with Crippen LogP contribution in [0.25, 0.3) is 0 Å². The van der Waals surface area contributed by atoms with Crippen LogP contribution in [0.15, 0.2) is 0 Å². The normalized spacial score (nSPS) is 28.9. The third-order valence-corrected chi connectivity index (χ3v) is 4.33. The molecule has 2 fully saturated rings. The summed E-state index contributed by atoms with van der Waals surface area (Å²) in [5, 5.41) is 9.12. The van der Waals surface area contributed by atoms with Crippen LogP contribution in [0, 0.1) is 11.8 Å². The van der Waals surface area contributed by atoms with Crippen molar-refractivity contribution in [1.82, 2.24) is 9.80 Å². The Morgan fingerprint density at radius 3 is 2.05 bits per heavy atom. The summed E-state index contributed by atoms with van der Waals surface area (Å²) in [5.41, 5.74) is 0. The van der Waals surface area contributed by atoms with Gasteiger partial charge in [0.05, 0.1) is 5.92 Å². The molecule has 2 aliphatic rings. The highest BCUT2D eigenvalue weighted by atomic mass is 16.4. The van der Waals surface area contributed by atoms with E-state index in [4.69, 9.17) is 5.11 Å².